The van der Waals surface area contributed by atoms with Crippen LogP contribution in [0.5, 0.6) is 5.75 Å². The van der Waals surface area contributed by atoms with Crippen LogP contribution in [0.1, 0.15) is 36.1 Å². The molecule has 1 aliphatic carbocycles. The normalized spacial score (nSPS) is 14.7. The summed E-state index contributed by atoms with van der Waals surface area (Å²) in [6.45, 7) is 1.53. The molecule has 7 nitrogen and oxygen atoms in total. The van der Waals surface area contributed by atoms with Crippen LogP contribution in [-0.4, -0.2) is 23.1 Å². The van der Waals surface area contributed by atoms with Gasteiger partial charge in [0.25, 0.3) is 5.91 Å². The Morgan fingerprint density at radius 2 is 1.83 bits per heavy atom. The molecule has 7 heteroatoms. The van der Waals surface area contributed by atoms with Crippen molar-refractivity contribution in [1.29, 1.82) is 0 Å². The molecule has 0 saturated carbocycles. The molecule has 3 aromatic rings. The van der Waals surface area contributed by atoms with Gasteiger partial charge in [-0.05, 0) is 49.4 Å². The van der Waals surface area contributed by atoms with Crippen LogP contribution in [0.3, 0.4) is 0 Å². The molecule has 1 aromatic heterocycles. The number of carboxylic acids is 1. The van der Waals surface area contributed by atoms with E-state index in [0.29, 0.717) is 16.9 Å². The number of rotatable bonds is 6. The Bertz CT molecular complexity index is 1170. The van der Waals surface area contributed by atoms with Crippen molar-refractivity contribution in [3.8, 4) is 5.75 Å². The van der Waals surface area contributed by atoms with Gasteiger partial charge in [0.05, 0.1) is 0 Å². The number of ether oxygens (including phenoxy) is 1. The summed E-state index contributed by atoms with van der Waals surface area (Å²) >= 11 is 0. The molecular formula is C23H21NO6. The van der Waals surface area contributed by atoms with E-state index < -0.39 is 24.0 Å². The second-order valence-corrected chi connectivity index (χ2v) is 7.31. The molecule has 2 N–H and O–H groups in total. The summed E-state index contributed by atoms with van der Waals surface area (Å²) in [4.78, 5) is 36.3. The summed E-state index contributed by atoms with van der Waals surface area (Å²) in [6.07, 6.45) is 1.55. The number of benzene rings is 2. The molecular weight excluding hydrogens is 386 g/mol. The van der Waals surface area contributed by atoms with Gasteiger partial charge in [-0.25, -0.2) is 9.59 Å². The standard InChI is InChI=1S/C23H21NO6/c1-13(21(25)24-20(22(26)27)14-6-3-2-4-7-14)29-15-10-11-17-16-8-5-9-18(16)23(28)30-19(17)12-15/h2-4,6-7,10-13,20H,5,8-9H2,1H3,(H,24,25)(H,26,27)/t13?,20-/m1/s1. The molecule has 0 bridgehead atoms. The van der Waals surface area contributed by atoms with Gasteiger partial charge in [0.15, 0.2) is 12.1 Å². The van der Waals surface area contributed by atoms with Gasteiger partial charge in [-0.1, -0.05) is 30.3 Å². The summed E-state index contributed by atoms with van der Waals surface area (Å²) in [7, 11) is 0. The van der Waals surface area contributed by atoms with E-state index in [0.717, 1.165) is 35.8 Å². The van der Waals surface area contributed by atoms with Crippen molar-refractivity contribution in [3.63, 3.8) is 0 Å². The molecule has 0 aliphatic heterocycles. The molecule has 0 radical (unpaired) electrons. The van der Waals surface area contributed by atoms with Crippen molar-refractivity contribution in [1.82, 2.24) is 5.32 Å². The summed E-state index contributed by atoms with van der Waals surface area (Å²) in [5, 5.41) is 12.8. The first-order chi connectivity index (χ1) is 14.4. The molecule has 30 heavy (non-hydrogen) atoms. The van der Waals surface area contributed by atoms with E-state index in [-0.39, 0.29) is 5.63 Å². The monoisotopic (exact) mass is 407 g/mol. The maximum absolute atomic E-state index is 12.5. The fourth-order valence-corrected chi connectivity index (χ4v) is 3.79. The van der Waals surface area contributed by atoms with Gasteiger partial charge in [0, 0.05) is 17.0 Å². The van der Waals surface area contributed by atoms with E-state index in [4.69, 9.17) is 9.15 Å². The Hall–Kier alpha value is -3.61. The van der Waals surface area contributed by atoms with E-state index in [2.05, 4.69) is 5.32 Å². The van der Waals surface area contributed by atoms with Gasteiger partial charge in [-0.15, -0.1) is 0 Å². The average Bonchev–Trinajstić information content (AvgIpc) is 3.23. The topological polar surface area (TPSA) is 106 Å². The molecule has 1 unspecified atom stereocenters. The first-order valence-corrected chi connectivity index (χ1v) is 9.77. The fourth-order valence-electron chi connectivity index (χ4n) is 3.79. The number of aryl methyl sites for hydroxylation is 1. The van der Waals surface area contributed by atoms with E-state index in [1.165, 1.54) is 6.92 Å². The van der Waals surface area contributed by atoms with E-state index in [1.54, 1.807) is 42.5 Å². The zero-order valence-electron chi connectivity index (χ0n) is 16.4. The number of aliphatic carboxylic acids is 1. The lowest BCUT2D eigenvalue weighted by molar-refractivity contribution is -0.143. The Labute approximate surface area is 172 Å². The molecule has 4 rings (SSSR count). The molecule has 1 heterocycles. The van der Waals surface area contributed by atoms with Crippen LogP contribution in [0.15, 0.2) is 57.7 Å². The fraction of sp³-hybridized carbons (Fsp3) is 0.261. The summed E-state index contributed by atoms with van der Waals surface area (Å²) < 4.78 is 11.1. The van der Waals surface area contributed by atoms with Crippen LogP contribution in [0, 0.1) is 0 Å². The second kappa shape index (κ2) is 8.02. The Morgan fingerprint density at radius 1 is 1.10 bits per heavy atom. The van der Waals surface area contributed by atoms with Crippen LogP contribution in [0.25, 0.3) is 11.0 Å². The number of nitrogens with one attached hydrogen (secondary N) is 1. The largest absolute Gasteiger partial charge is 0.481 e. The lowest BCUT2D eigenvalue weighted by atomic mass is 10.1. The third-order valence-electron chi connectivity index (χ3n) is 5.29. The maximum atomic E-state index is 12.5. The highest BCUT2D eigenvalue weighted by molar-refractivity contribution is 5.87. The number of carbonyl (C=O) groups is 2. The van der Waals surface area contributed by atoms with Crippen LogP contribution in [0.4, 0.5) is 0 Å². The van der Waals surface area contributed by atoms with Crippen LogP contribution in [-0.2, 0) is 22.4 Å². The molecule has 154 valence electrons. The zero-order chi connectivity index (χ0) is 21.3. The molecule has 0 saturated heterocycles. The number of hydrogen-bond donors (Lipinski definition) is 2. The molecule has 2 atom stereocenters. The smallest absolute Gasteiger partial charge is 0.339 e. The summed E-state index contributed by atoms with van der Waals surface area (Å²) in [6, 6.07) is 12.4. The minimum atomic E-state index is -1.18. The van der Waals surface area contributed by atoms with Crippen LogP contribution >= 0.6 is 0 Å². The highest BCUT2D eigenvalue weighted by Gasteiger charge is 2.26. The van der Waals surface area contributed by atoms with E-state index in [9.17, 15) is 19.5 Å². The minimum absolute atomic E-state index is 0.329. The van der Waals surface area contributed by atoms with Gasteiger partial charge in [-0.2, -0.15) is 0 Å². The Balaban J connectivity index is 1.51. The SMILES string of the molecule is CC(Oc1ccc2c3c(c(=O)oc2c1)CCC3)C(=O)N[C@@H](C(=O)O)c1ccccc1. The van der Waals surface area contributed by atoms with E-state index in [1.807, 2.05) is 6.07 Å². The van der Waals surface area contributed by atoms with Gasteiger partial charge < -0.3 is 19.6 Å². The molecule has 1 aliphatic rings. The predicted molar refractivity (Wildman–Crippen MR) is 110 cm³/mol. The predicted octanol–water partition coefficient (Wildman–Crippen LogP) is 2.99. The molecule has 0 fully saturated rings. The van der Waals surface area contributed by atoms with Gasteiger partial charge in [-0.3, -0.25) is 4.79 Å². The van der Waals surface area contributed by atoms with Crippen LogP contribution < -0.4 is 15.7 Å². The number of carboxylic acid groups (broad SMARTS) is 1. The Morgan fingerprint density at radius 3 is 2.57 bits per heavy atom. The molecule has 2 aromatic carbocycles. The van der Waals surface area contributed by atoms with Crippen molar-refractivity contribution < 1.29 is 23.8 Å². The first-order valence-electron chi connectivity index (χ1n) is 9.77. The number of carbonyl (C=O) groups excluding carboxylic acids is 1. The third kappa shape index (κ3) is 3.78. The lowest BCUT2D eigenvalue weighted by Gasteiger charge is -2.19. The van der Waals surface area contributed by atoms with E-state index >= 15 is 0 Å². The molecule has 0 spiro atoms. The second-order valence-electron chi connectivity index (χ2n) is 7.31. The minimum Gasteiger partial charge on any atom is -0.481 e. The van der Waals surface area contributed by atoms with Crippen molar-refractivity contribution in [2.75, 3.05) is 0 Å². The van der Waals surface area contributed by atoms with Gasteiger partial charge in [0.2, 0.25) is 0 Å². The van der Waals surface area contributed by atoms with Gasteiger partial charge in [0.1, 0.15) is 11.3 Å². The highest BCUT2D eigenvalue weighted by Crippen LogP contribution is 2.30. The summed E-state index contributed by atoms with van der Waals surface area (Å²) in [5.41, 5.74) is 2.31. The average molecular weight is 407 g/mol. The highest BCUT2D eigenvalue weighted by atomic mass is 16.5. The maximum Gasteiger partial charge on any atom is 0.339 e. The third-order valence-corrected chi connectivity index (χ3v) is 5.29. The van der Waals surface area contributed by atoms with Gasteiger partial charge >= 0.3 is 11.6 Å². The number of fused-ring (bicyclic) bond motifs is 3. The number of amides is 1. The number of hydrogen-bond acceptors (Lipinski definition) is 5. The van der Waals surface area contributed by atoms with Crippen LogP contribution in [0.2, 0.25) is 0 Å². The quantitative estimate of drug-likeness (QED) is 0.609. The Kier molecular flexibility index (Phi) is 5.27. The first kappa shape index (κ1) is 19.7. The van der Waals surface area contributed by atoms with Crippen molar-refractivity contribution >= 4 is 22.8 Å². The van der Waals surface area contributed by atoms with Crippen molar-refractivity contribution in [3.05, 3.63) is 75.6 Å². The zero-order valence-corrected chi connectivity index (χ0v) is 16.4. The lowest BCUT2D eigenvalue weighted by Crippen LogP contribution is -2.41. The van der Waals surface area contributed by atoms with Crippen molar-refractivity contribution in [2.45, 2.75) is 38.3 Å². The van der Waals surface area contributed by atoms with Crippen molar-refractivity contribution in [2.24, 2.45) is 0 Å². The molecule has 1 amide bonds. The summed E-state index contributed by atoms with van der Waals surface area (Å²) in [5.74, 6) is -1.37.